The quantitative estimate of drug-likeness (QED) is 0.638. The number of aliphatic hydroxyl groups excluding tert-OH is 1. The van der Waals surface area contributed by atoms with Crippen molar-refractivity contribution >= 4 is 16.6 Å². The average molecular weight is 271 g/mol. The molecule has 0 saturated carbocycles. The van der Waals surface area contributed by atoms with E-state index in [-0.39, 0.29) is 6.61 Å². The number of aliphatic hydroxyl groups is 1. The number of nitrogens with one attached hydrogen (secondary N) is 2. The summed E-state index contributed by atoms with van der Waals surface area (Å²) in [4.78, 5) is 3.17. The number of aromatic amines is 1. The lowest BCUT2D eigenvalue weighted by Crippen LogP contribution is -2.01. The fourth-order valence-corrected chi connectivity index (χ4v) is 2.12. The zero-order valence-corrected chi connectivity index (χ0v) is 11.1. The van der Waals surface area contributed by atoms with Gasteiger partial charge >= 0.3 is 0 Å². The van der Waals surface area contributed by atoms with Crippen molar-refractivity contribution in [3.05, 3.63) is 42.4 Å². The summed E-state index contributed by atoms with van der Waals surface area (Å²) in [5.74, 6) is 0. The standard InChI is InChI=1S/C14H17N5O/c20-7-1-6-19-10-13(17-18-19)9-16-12-2-3-14-11(8-12)4-5-15-14/h2-5,8,10,15-16,20H,1,6-7,9H2. The van der Waals surface area contributed by atoms with E-state index in [2.05, 4.69) is 32.7 Å². The molecule has 0 radical (unpaired) electrons. The van der Waals surface area contributed by atoms with E-state index >= 15 is 0 Å². The van der Waals surface area contributed by atoms with Crippen molar-refractivity contribution in [1.82, 2.24) is 20.0 Å². The highest BCUT2D eigenvalue weighted by atomic mass is 16.3. The van der Waals surface area contributed by atoms with Crippen LogP contribution >= 0.6 is 0 Å². The Bertz CT molecular complexity index is 688. The largest absolute Gasteiger partial charge is 0.396 e. The van der Waals surface area contributed by atoms with Crippen LogP contribution in [0.3, 0.4) is 0 Å². The summed E-state index contributed by atoms with van der Waals surface area (Å²) in [6.07, 6.45) is 4.53. The summed E-state index contributed by atoms with van der Waals surface area (Å²) in [5.41, 5.74) is 3.07. The molecule has 3 N–H and O–H groups in total. The molecule has 0 atom stereocenters. The lowest BCUT2D eigenvalue weighted by atomic mass is 10.2. The smallest absolute Gasteiger partial charge is 0.102 e. The molecule has 6 nitrogen and oxygen atoms in total. The molecule has 1 aromatic carbocycles. The number of nitrogens with zero attached hydrogens (tertiary/aromatic N) is 3. The van der Waals surface area contributed by atoms with Crippen molar-refractivity contribution in [3.8, 4) is 0 Å². The molecule has 0 amide bonds. The minimum absolute atomic E-state index is 0.171. The lowest BCUT2D eigenvalue weighted by molar-refractivity contribution is 0.276. The molecule has 0 aliphatic rings. The van der Waals surface area contributed by atoms with E-state index < -0.39 is 0 Å². The number of anilines is 1. The van der Waals surface area contributed by atoms with Crippen LogP contribution in [-0.4, -0.2) is 31.7 Å². The number of fused-ring (bicyclic) bond motifs is 1. The third kappa shape index (κ3) is 2.80. The first-order valence-electron chi connectivity index (χ1n) is 6.66. The Hall–Kier alpha value is -2.34. The van der Waals surface area contributed by atoms with Crippen LogP contribution in [0.5, 0.6) is 0 Å². The molecule has 0 unspecified atom stereocenters. The van der Waals surface area contributed by atoms with E-state index in [0.29, 0.717) is 19.5 Å². The first-order chi connectivity index (χ1) is 9.85. The maximum absolute atomic E-state index is 8.78. The summed E-state index contributed by atoms with van der Waals surface area (Å²) in [5, 5.41) is 21.4. The number of rotatable bonds is 6. The van der Waals surface area contributed by atoms with E-state index in [1.807, 2.05) is 24.5 Å². The maximum atomic E-state index is 8.78. The van der Waals surface area contributed by atoms with Crippen LogP contribution in [0.1, 0.15) is 12.1 Å². The van der Waals surface area contributed by atoms with Crippen molar-refractivity contribution < 1.29 is 5.11 Å². The maximum Gasteiger partial charge on any atom is 0.102 e. The van der Waals surface area contributed by atoms with E-state index in [9.17, 15) is 0 Å². The normalized spacial score (nSPS) is 11.1. The summed E-state index contributed by atoms with van der Waals surface area (Å²) < 4.78 is 1.75. The Morgan fingerprint density at radius 3 is 3.15 bits per heavy atom. The summed E-state index contributed by atoms with van der Waals surface area (Å²) in [6, 6.07) is 8.23. The average Bonchev–Trinajstić information content (AvgIpc) is 3.11. The molecule has 0 saturated heterocycles. The van der Waals surface area contributed by atoms with E-state index in [0.717, 1.165) is 16.9 Å². The second-order valence-electron chi connectivity index (χ2n) is 4.68. The number of hydrogen-bond donors (Lipinski definition) is 3. The van der Waals surface area contributed by atoms with Crippen LogP contribution in [0.2, 0.25) is 0 Å². The molecule has 0 fully saturated rings. The van der Waals surface area contributed by atoms with E-state index in [4.69, 9.17) is 5.11 Å². The van der Waals surface area contributed by atoms with Crippen molar-refractivity contribution in [2.75, 3.05) is 11.9 Å². The van der Waals surface area contributed by atoms with Crippen LogP contribution in [0.15, 0.2) is 36.7 Å². The Morgan fingerprint density at radius 2 is 2.25 bits per heavy atom. The van der Waals surface area contributed by atoms with Gasteiger partial charge in [-0.2, -0.15) is 0 Å². The van der Waals surface area contributed by atoms with Gasteiger partial charge in [-0.05, 0) is 30.7 Å². The molecule has 0 aliphatic heterocycles. The second-order valence-corrected chi connectivity index (χ2v) is 4.68. The van der Waals surface area contributed by atoms with Crippen molar-refractivity contribution in [2.24, 2.45) is 0 Å². The minimum Gasteiger partial charge on any atom is -0.396 e. The highest BCUT2D eigenvalue weighted by Crippen LogP contribution is 2.18. The Kier molecular flexibility index (Phi) is 3.64. The first-order valence-corrected chi connectivity index (χ1v) is 6.66. The van der Waals surface area contributed by atoms with Gasteiger partial charge in [-0.1, -0.05) is 5.21 Å². The third-order valence-electron chi connectivity index (χ3n) is 3.16. The van der Waals surface area contributed by atoms with Gasteiger partial charge in [0.05, 0.1) is 12.7 Å². The summed E-state index contributed by atoms with van der Waals surface area (Å²) in [7, 11) is 0. The zero-order chi connectivity index (χ0) is 13.8. The molecule has 3 rings (SSSR count). The molecule has 6 heteroatoms. The predicted molar refractivity (Wildman–Crippen MR) is 77.4 cm³/mol. The molecule has 104 valence electrons. The minimum atomic E-state index is 0.171. The van der Waals surface area contributed by atoms with Gasteiger partial charge in [-0.15, -0.1) is 5.10 Å². The van der Waals surface area contributed by atoms with Crippen LogP contribution in [0, 0.1) is 0 Å². The molecule has 0 bridgehead atoms. The molecule has 20 heavy (non-hydrogen) atoms. The topological polar surface area (TPSA) is 78.8 Å². The zero-order valence-electron chi connectivity index (χ0n) is 11.1. The van der Waals surface area contributed by atoms with Gasteiger partial charge in [0, 0.05) is 35.9 Å². The van der Waals surface area contributed by atoms with Gasteiger partial charge in [0.2, 0.25) is 0 Å². The summed E-state index contributed by atoms with van der Waals surface area (Å²) in [6.45, 7) is 1.50. The van der Waals surface area contributed by atoms with Crippen LogP contribution in [0.25, 0.3) is 10.9 Å². The van der Waals surface area contributed by atoms with Gasteiger partial charge < -0.3 is 15.4 Å². The van der Waals surface area contributed by atoms with Gasteiger partial charge in [-0.3, -0.25) is 4.68 Å². The van der Waals surface area contributed by atoms with E-state index in [1.165, 1.54) is 5.39 Å². The van der Waals surface area contributed by atoms with Gasteiger partial charge in [0.25, 0.3) is 0 Å². The highest BCUT2D eigenvalue weighted by molar-refractivity contribution is 5.82. The van der Waals surface area contributed by atoms with Crippen LogP contribution in [0.4, 0.5) is 5.69 Å². The molecule has 0 spiro atoms. The van der Waals surface area contributed by atoms with Crippen molar-refractivity contribution in [2.45, 2.75) is 19.5 Å². The molecular weight excluding hydrogens is 254 g/mol. The summed E-state index contributed by atoms with van der Waals surface area (Å²) >= 11 is 0. The van der Waals surface area contributed by atoms with E-state index in [1.54, 1.807) is 4.68 Å². The number of aromatic nitrogens is 4. The van der Waals surface area contributed by atoms with Gasteiger partial charge in [-0.25, -0.2) is 0 Å². The van der Waals surface area contributed by atoms with Crippen LogP contribution in [-0.2, 0) is 13.1 Å². The molecule has 3 aromatic rings. The monoisotopic (exact) mass is 271 g/mol. The number of hydrogen-bond acceptors (Lipinski definition) is 4. The number of H-pyrrole nitrogens is 1. The van der Waals surface area contributed by atoms with Crippen LogP contribution < -0.4 is 5.32 Å². The molecule has 2 heterocycles. The Morgan fingerprint density at radius 1 is 1.30 bits per heavy atom. The first kappa shape index (κ1) is 12.7. The lowest BCUT2D eigenvalue weighted by Gasteiger charge is -2.04. The van der Waals surface area contributed by atoms with Crippen molar-refractivity contribution in [1.29, 1.82) is 0 Å². The molecule has 0 aliphatic carbocycles. The van der Waals surface area contributed by atoms with Crippen molar-refractivity contribution in [3.63, 3.8) is 0 Å². The Labute approximate surface area is 116 Å². The molecular formula is C14H17N5O. The SMILES string of the molecule is OCCCn1cc(CNc2ccc3[nH]ccc3c2)nn1. The highest BCUT2D eigenvalue weighted by Gasteiger charge is 2.01. The fourth-order valence-electron chi connectivity index (χ4n) is 2.12. The fraction of sp³-hybridized carbons (Fsp3) is 0.286. The van der Waals surface area contributed by atoms with Gasteiger partial charge in [0.1, 0.15) is 5.69 Å². The third-order valence-corrected chi connectivity index (χ3v) is 3.16. The van der Waals surface area contributed by atoms with Gasteiger partial charge in [0.15, 0.2) is 0 Å². The number of benzene rings is 1. The molecule has 2 aromatic heterocycles. The number of aryl methyl sites for hydroxylation is 1. The predicted octanol–water partition coefficient (Wildman–Crippen LogP) is 1.75. The second kappa shape index (κ2) is 5.75. The Balaban J connectivity index is 1.62.